The first-order valence-electron chi connectivity index (χ1n) is 6.37. The van der Waals surface area contributed by atoms with Crippen LogP contribution in [0.5, 0.6) is 0 Å². The summed E-state index contributed by atoms with van der Waals surface area (Å²) < 4.78 is 4.46. The van der Waals surface area contributed by atoms with Crippen molar-refractivity contribution in [2.45, 2.75) is 9.79 Å². The molecule has 0 aromatic heterocycles. The zero-order chi connectivity index (χ0) is 15.9. The number of alkyl carbamates (subject to hydrolysis) is 1. The van der Waals surface area contributed by atoms with Gasteiger partial charge in [0.1, 0.15) is 0 Å². The van der Waals surface area contributed by atoms with Gasteiger partial charge in [-0.2, -0.15) is 0 Å². The number of nitrogens with one attached hydrogen (secondary N) is 2. The molecule has 0 aliphatic carbocycles. The van der Waals surface area contributed by atoms with Gasteiger partial charge in [-0.25, -0.2) is 4.79 Å². The molecule has 2 rings (SSSR count). The number of nitrogen functional groups attached to an aromatic ring is 1. The molecule has 1 amide bonds. The summed E-state index contributed by atoms with van der Waals surface area (Å²) in [5.41, 5.74) is 7.17. The van der Waals surface area contributed by atoms with Gasteiger partial charge in [0.2, 0.25) is 0 Å². The van der Waals surface area contributed by atoms with Crippen LogP contribution in [-0.2, 0) is 4.74 Å². The van der Waals surface area contributed by atoms with Crippen molar-refractivity contribution in [2.24, 2.45) is 0 Å². The molecule has 2 aromatic carbocycles. The molecule has 0 aliphatic heterocycles. The Bertz CT molecular complexity index is 678. The molecule has 4 N–H and O–H groups in total. The lowest BCUT2D eigenvalue weighted by Gasteiger charge is -2.12. The third-order valence-corrected chi connectivity index (χ3v) is 3.85. The Morgan fingerprint density at radius 2 is 1.91 bits per heavy atom. The minimum atomic E-state index is -0.632. The molecular weight excluding hydrogens is 318 g/mol. The zero-order valence-electron chi connectivity index (χ0n) is 11.8. The van der Waals surface area contributed by atoms with Crippen LogP contribution >= 0.6 is 24.0 Å². The molecule has 2 aromatic rings. The summed E-state index contributed by atoms with van der Waals surface area (Å²) in [7, 11) is 1.27. The molecule has 7 heteroatoms. The number of methoxy groups -OCH3 is 1. The first-order valence-corrected chi connectivity index (χ1v) is 7.59. The number of benzene rings is 2. The van der Waals surface area contributed by atoms with Crippen molar-refractivity contribution in [3.8, 4) is 0 Å². The third-order valence-electron chi connectivity index (χ3n) is 2.65. The summed E-state index contributed by atoms with van der Waals surface area (Å²) in [6, 6.07) is 15.6. The molecule has 114 valence electrons. The molecule has 0 atom stereocenters. The minimum Gasteiger partial charge on any atom is -0.453 e. The Balaban J connectivity index is 2.03. The van der Waals surface area contributed by atoms with E-state index in [0.717, 1.165) is 9.79 Å². The van der Waals surface area contributed by atoms with Crippen LogP contribution in [0, 0.1) is 0 Å². The highest BCUT2D eigenvalue weighted by Gasteiger charge is 2.07. The number of amides is 1. The molecule has 0 heterocycles. The Labute approximate surface area is 138 Å². The number of thiocarbonyl (C=S) groups is 1. The Morgan fingerprint density at radius 1 is 1.18 bits per heavy atom. The third kappa shape index (κ3) is 4.64. The number of nitrogens with two attached hydrogens (primary N) is 1. The Morgan fingerprint density at radius 3 is 2.55 bits per heavy atom. The Kier molecular flexibility index (Phi) is 5.62. The smallest absolute Gasteiger partial charge is 0.413 e. The number of rotatable bonds is 3. The average molecular weight is 333 g/mol. The average Bonchev–Trinajstić information content (AvgIpc) is 2.51. The van der Waals surface area contributed by atoms with Crippen molar-refractivity contribution >= 4 is 46.6 Å². The second kappa shape index (κ2) is 7.67. The van der Waals surface area contributed by atoms with Gasteiger partial charge in [-0.05, 0) is 42.5 Å². The van der Waals surface area contributed by atoms with Gasteiger partial charge < -0.3 is 15.8 Å². The van der Waals surface area contributed by atoms with Crippen LogP contribution in [0.1, 0.15) is 0 Å². The van der Waals surface area contributed by atoms with E-state index < -0.39 is 6.09 Å². The van der Waals surface area contributed by atoms with Crippen molar-refractivity contribution in [3.63, 3.8) is 0 Å². The normalized spacial score (nSPS) is 9.86. The largest absolute Gasteiger partial charge is 0.453 e. The van der Waals surface area contributed by atoms with E-state index >= 15 is 0 Å². The first-order chi connectivity index (χ1) is 10.6. The van der Waals surface area contributed by atoms with E-state index in [1.54, 1.807) is 11.8 Å². The fourth-order valence-electron chi connectivity index (χ4n) is 1.64. The predicted molar refractivity (Wildman–Crippen MR) is 93.2 cm³/mol. The van der Waals surface area contributed by atoms with E-state index in [0.29, 0.717) is 11.4 Å². The number of hydrogen-bond donors (Lipinski definition) is 3. The molecule has 0 spiro atoms. The van der Waals surface area contributed by atoms with Crippen LogP contribution in [0.4, 0.5) is 16.2 Å². The topological polar surface area (TPSA) is 76.4 Å². The lowest BCUT2D eigenvalue weighted by atomic mass is 10.3. The maximum atomic E-state index is 11.1. The maximum absolute atomic E-state index is 11.1. The van der Waals surface area contributed by atoms with Gasteiger partial charge in [0.05, 0.1) is 18.5 Å². The molecular formula is C15H15N3O2S2. The second-order valence-electron chi connectivity index (χ2n) is 4.23. The molecule has 22 heavy (non-hydrogen) atoms. The van der Waals surface area contributed by atoms with Gasteiger partial charge in [0.25, 0.3) is 0 Å². The predicted octanol–water partition coefficient (Wildman–Crippen LogP) is 3.47. The van der Waals surface area contributed by atoms with Gasteiger partial charge >= 0.3 is 6.09 Å². The SMILES string of the molecule is COC(=O)NC(=S)Nc1ccc(Sc2ccccc2)cc1N. The van der Waals surface area contributed by atoms with E-state index in [4.69, 9.17) is 18.0 Å². The molecule has 0 fully saturated rings. The highest BCUT2D eigenvalue weighted by atomic mass is 32.2. The van der Waals surface area contributed by atoms with Crippen LogP contribution in [0.25, 0.3) is 0 Å². The molecule has 0 aliphatic rings. The minimum absolute atomic E-state index is 0.127. The van der Waals surface area contributed by atoms with Gasteiger partial charge in [-0.1, -0.05) is 30.0 Å². The second-order valence-corrected chi connectivity index (χ2v) is 5.79. The molecule has 0 saturated carbocycles. The summed E-state index contributed by atoms with van der Waals surface area (Å²) in [6.45, 7) is 0. The van der Waals surface area contributed by atoms with E-state index in [-0.39, 0.29) is 5.11 Å². The highest BCUT2D eigenvalue weighted by molar-refractivity contribution is 7.99. The van der Waals surface area contributed by atoms with E-state index in [1.165, 1.54) is 7.11 Å². The summed E-state index contributed by atoms with van der Waals surface area (Å²) in [6.07, 6.45) is -0.632. The van der Waals surface area contributed by atoms with Crippen LogP contribution in [0.2, 0.25) is 0 Å². The zero-order valence-corrected chi connectivity index (χ0v) is 13.5. The fourth-order valence-corrected chi connectivity index (χ4v) is 2.72. The van der Waals surface area contributed by atoms with E-state index in [2.05, 4.69) is 15.4 Å². The lowest BCUT2D eigenvalue weighted by molar-refractivity contribution is 0.177. The summed E-state index contributed by atoms with van der Waals surface area (Å²) >= 11 is 6.61. The number of ether oxygens (including phenoxy) is 1. The monoisotopic (exact) mass is 333 g/mol. The van der Waals surface area contributed by atoms with E-state index in [1.807, 2.05) is 48.5 Å². The lowest BCUT2D eigenvalue weighted by Crippen LogP contribution is -2.34. The number of hydrogen-bond acceptors (Lipinski definition) is 5. The highest BCUT2D eigenvalue weighted by Crippen LogP contribution is 2.31. The summed E-state index contributed by atoms with van der Waals surface area (Å²) in [5.74, 6) is 0. The van der Waals surface area contributed by atoms with Gasteiger partial charge in [-0.15, -0.1) is 0 Å². The van der Waals surface area contributed by atoms with Crippen LogP contribution < -0.4 is 16.4 Å². The van der Waals surface area contributed by atoms with Crippen LogP contribution in [0.3, 0.4) is 0 Å². The Hall–Kier alpha value is -2.25. The van der Waals surface area contributed by atoms with Crippen LogP contribution in [-0.4, -0.2) is 18.3 Å². The fraction of sp³-hybridized carbons (Fsp3) is 0.0667. The number of anilines is 2. The number of carbonyl (C=O) groups is 1. The van der Waals surface area contributed by atoms with Crippen molar-refractivity contribution < 1.29 is 9.53 Å². The van der Waals surface area contributed by atoms with Crippen molar-refractivity contribution in [2.75, 3.05) is 18.2 Å². The number of carbonyl (C=O) groups excluding carboxylic acids is 1. The van der Waals surface area contributed by atoms with Crippen molar-refractivity contribution in [1.29, 1.82) is 0 Å². The molecule has 0 unspecified atom stereocenters. The maximum Gasteiger partial charge on any atom is 0.413 e. The van der Waals surface area contributed by atoms with Gasteiger partial charge in [0.15, 0.2) is 5.11 Å². The van der Waals surface area contributed by atoms with Crippen LogP contribution in [0.15, 0.2) is 58.3 Å². The molecule has 0 bridgehead atoms. The van der Waals surface area contributed by atoms with Crippen molar-refractivity contribution in [1.82, 2.24) is 5.32 Å². The quantitative estimate of drug-likeness (QED) is 0.590. The van der Waals surface area contributed by atoms with Gasteiger partial charge in [-0.3, -0.25) is 5.32 Å². The molecule has 5 nitrogen and oxygen atoms in total. The standard InChI is InChI=1S/C15H15N3O2S2/c1-20-15(19)18-14(21)17-13-8-7-11(9-12(13)16)22-10-5-3-2-4-6-10/h2-9H,16H2,1H3,(H2,17,18,19,21). The molecule has 0 saturated heterocycles. The van der Waals surface area contributed by atoms with E-state index in [9.17, 15) is 4.79 Å². The van der Waals surface area contributed by atoms with Gasteiger partial charge in [0, 0.05) is 9.79 Å². The summed E-state index contributed by atoms with van der Waals surface area (Å²) in [4.78, 5) is 13.2. The molecule has 0 radical (unpaired) electrons. The summed E-state index contributed by atoms with van der Waals surface area (Å²) in [5, 5.41) is 5.34. The van der Waals surface area contributed by atoms with Crippen molar-refractivity contribution in [3.05, 3.63) is 48.5 Å². The first kappa shape index (κ1) is 16.1.